The molecule has 2 heterocycles. The van der Waals surface area contributed by atoms with Gasteiger partial charge in [-0.25, -0.2) is 0 Å². The summed E-state index contributed by atoms with van der Waals surface area (Å²) in [5.74, 6) is -0.191. The molecule has 3 aromatic rings. The van der Waals surface area contributed by atoms with Crippen molar-refractivity contribution >= 4 is 57.2 Å². The minimum absolute atomic E-state index is 0.191. The van der Waals surface area contributed by atoms with E-state index >= 15 is 0 Å². The number of halogens is 3. The predicted molar refractivity (Wildman–Crippen MR) is 102 cm³/mol. The Morgan fingerprint density at radius 1 is 1.00 bits per heavy atom. The molecular formula is C17H10Cl3N3OS. The van der Waals surface area contributed by atoms with E-state index in [1.54, 1.807) is 23.1 Å². The lowest BCUT2D eigenvalue weighted by atomic mass is 9.94. The van der Waals surface area contributed by atoms with Gasteiger partial charge in [0.15, 0.2) is 5.01 Å². The van der Waals surface area contributed by atoms with Gasteiger partial charge in [0.2, 0.25) is 11.0 Å². The lowest BCUT2D eigenvalue weighted by Crippen LogP contribution is -2.56. The van der Waals surface area contributed by atoms with Crippen LogP contribution in [0.1, 0.15) is 11.6 Å². The zero-order chi connectivity index (χ0) is 17.6. The van der Waals surface area contributed by atoms with Crippen LogP contribution in [0, 0.1) is 0 Å². The summed E-state index contributed by atoms with van der Waals surface area (Å²) in [5, 5.41) is 10.1. The van der Waals surface area contributed by atoms with Gasteiger partial charge in [0.1, 0.15) is 5.38 Å². The summed E-state index contributed by atoms with van der Waals surface area (Å²) in [5.41, 5.74) is 1.69. The number of hydrogen-bond donors (Lipinski definition) is 0. The van der Waals surface area contributed by atoms with Crippen LogP contribution >= 0.6 is 46.1 Å². The Morgan fingerprint density at radius 3 is 2.44 bits per heavy atom. The molecular weight excluding hydrogens is 401 g/mol. The normalized spacial score (nSPS) is 19.8. The van der Waals surface area contributed by atoms with Crippen LogP contribution in [0.15, 0.2) is 48.5 Å². The summed E-state index contributed by atoms with van der Waals surface area (Å²) in [4.78, 5) is 13.9. The van der Waals surface area contributed by atoms with Crippen molar-refractivity contribution in [2.24, 2.45) is 0 Å². The van der Waals surface area contributed by atoms with Crippen molar-refractivity contribution in [1.29, 1.82) is 0 Å². The minimum atomic E-state index is -0.631. The molecule has 1 aromatic heterocycles. The van der Waals surface area contributed by atoms with Crippen LogP contribution in [0.2, 0.25) is 10.0 Å². The molecule has 2 unspecified atom stereocenters. The number of carbonyl (C=O) groups is 1. The average molecular weight is 411 g/mol. The van der Waals surface area contributed by atoms with Gasteiger partial charge in [0.25, 0.3) is 0 Å². The third-order valence-electron chi connectivity index (χ3n) is 3.96. The quantitative estimate of drug-likeness (QED) is 0.440. The molecule has 4 nitrogen and oxygen atoms in total. The van der Waals surface area contributed by atoms with E-state index < -0.39 is 5.38 Å². The predicted octanol–water partition coefficient (Wildman–Crippen LogP) is 5.21. The molecule has 4 rings (SSSR count). The maximum Gasteiger partial charge on any atom is 0.250 e. The number of amides is 1. The fourth-order valence-corrected chi connectivity index (χ4v) is 4.40. The fourth-order valence-electron chi connectivity index (χ4n) is 2.70. The molecule has 2 atom stereocenters. The van der Waals surface area contributed by atoms with Crippen molar-refractivity contribution in [3.8, 4) is 10.6 Å². The molecule has 1 aliphatic rings. The molecule has 0 radical (unpaired) electrons. The first-order valence-corrected chi connectivity index (χ1v) is 9.38. The van der Waals surface area contributed by atoms with Crippen molar-refractivity contribution in [2.45, 2.75) is 11.4 Å². The number of β-lactam (4-membered cyclic amide) rings is 1. The number of nitrogens with zero attached hydrogens (tertiary/aromatic N) is 3. The number of alkyl halides is 1. The van der Waals surface area contributed by atoms with Gasteiger partial charge in [-0.3, -0.25) is 9.69 Å². The lowest BCUT2D eigenvalue weighted by molar-refractivity contribution is -0.123. The van der Waals surface area contributed by atoms with Crippen LogP contribution < -0.4 is 4.90 Å². The Labute approximate surface area is 163 Å². The third kappa shape index (κ3) is 2.91. The number of rotatable bonds is 3. The molecule has 0 bridgehead atoms. The van der Waals surface area contributed by atoms with Crippen LogP contribution in [-0.2, 0) is 4.79 Å². The van der Waals surface area contributed by atoms with Crippen LogP contribution in [-0.4, -0.2) is 21.5 Å². The average Bonchev–Trinajstić information content (AvgIpc) is 3.09. The zero-order valence-corrected chi connectivity index (χ0v) is 15.6. The summed E-state index contributed by atoms with van der Waals surface area (Å²) in [6.45, 7) is 0. The molecule has 1 amide bonds. The molecule has 0 saturated carbocycles. The van der Waals surface area contributed by atoms with Gasteiger partial charge >= 0.3 is 0 Å². The fraction of sp³-hybridized carbons (Fsp3) is 0.118. The third-order valence-corrected chi connectivity index (χ3v) is 5.93. The highest BCUT2D eigenvalue weighted by Gasteiger charge is 2.49. The van der Waals surface area contributed by atoms with E-state index in [9.17, 15) is 4.79 Å². The van der Waals surface area contributed by atoms with E-state index in [0.717, 1.165) is 11.1 Å². The number of benzene rings is 2. The Balaban J connectivity index is 1.68. The highest BCUT2D eigenvalue weighted by molar-refractivity contribution is 7.18. The largest absolute Gasteiger partial charge is 0.276 e. The Morgan fingerprint density at radius 2 is 1.72 bits per heavy atom. The number of anilines is 1. The van der Waals surface area contributed by atoms with E-state index in [0.29, 0.717) is 20.2 Å². The maximum atomic E-state index is 12.3. The zero-order valence-electron chi connectivity index (χ0n) is 12.6. The second-order valence-corrected chi connectivity index (χ2v) is 7.75. The van der Waals surface area contributed by atoms with E-state index in [1.165, 1.54) is 11.3 Å². The molecule has 25 heavy (non-hydrogen) atoms. The van der Waals surface area contributed by atoms with Crippen LogP contribution in [0.25, 0.3) is 10.6 Å². The van der Waals surface area contributed by atoms with E-state index in [2.05, 4.69) is 10.2 Å². The number of carbonyl (C=O) groups excluding carboxylic acids is 1. The Hall–Kier alpha value is -1.66. The SMILES string of the molecule is O=C1C(Cl)C(c2ccc(Cl)cc2)N1c1nnc(-c2ccccc2Cl)s1. The van der Waals surface area contributed by atoms with E-state index in [1.807, 2.05) is 30.3 Å². The first-order chi connectivity index (χ1) is 12.1. The molecule has 1 fully saturated rings. The van der Waals surface area contributed by atoms with Gasteiger partial charge in [-0.15, -0.1) is 21.8 Å². The van der Waals surface area contributed by atoms with Crippen molar-refractivity contribution in [3.63, 3.8) is 0 Å². The topological polar surface area (TPSA) is 46.1 Å². The summed E-state index contributed by atoms with van der Waals surface area (Å²) >= 11 is 19.7. The lowest BCUT2D eigenvalue weighted by Gasteiger charge is -2.42. The molecule has 1 saturated heterocycles. The monoisotopic (exact) mass is 409 g/mol. The summed E-state index contributed by atoms with van der Waals surface area (Å²) in [6.07, 6.45) is 0. The highest BCUT2D eigenvalue weighted by Crippen LogP contribution is 2.44. The van der Waals surface area contributed by atoms with Gasteiger partial charge in [0, 0.05) is 10.6 Å². The Kier molecular flexibility index (Phi) is 4.41. The molecule has 8 heteroatoms. The molecule has 1 aliphatic heterocycles. The first kappa shape index (κ1) is 16.8. The van der Waals surface area contributed by atoms with E-state index in [4.69, 9.17) is 34.8 Å². The number of aromatic nitrogens is 2. The van der Waals surface area contributed by atoms with Crippen molar-refractivity contribution in [2.75, 3.05) is 4.90 Å². The smallest absolute Gasteiger partial charge is 0.250 e. The maximum absolute atomic E-state index is 12.3. The first-order valence-electron chi connectivity index (χ1n) is 7.37. The summed E-state index contributed by atoms with van der Waals surface area (Å²) < 4.78 is 0. The molecule has 126 valence electrons. The molecule has 2 aromatic carbocycles. The summed E-state index contributed by atoms with van der Waals surface area (Å²) in [7, 11) is 0. The molecule has 0 aliphatic carbocycles. The van der Waals surface area contributed by atoms with Gasteiger partial charge in [0.05, 0.1) is 11.1 Å². The molecule has 0 spiro atoms. The van der Waals surface area contributed by atoms with Gasteiger partial charge in [-0.2, -0.15) is 0 Å². The van der Waals surface area contributed by atoms with Gasteiger partial charge in [-0.1, -0.05) is 64.9 Å². The minimum Gasteiger partial charge on any atom is -0.276 e. The standard InChI is InChI=1S/C17H10Cl3N3OS/c18-10-7-5-9(6-8-10)14-13(20)16(24)23(14)17-22-21-15(25-17)11-3-1-2-4-12(11)19/h1-8,13-14H. The highest BCUT2D eigenvalue weighted by atomic mass is 35.5. The van der Waals surface area contributed by atoms with E-state index in [-0.39, 0.29) is 11.9 Å². The Bertz CT molecular complexity index is 944. The van der Waals surface area contributed by atoms with Crippen LogP contribution in [0.5, 0.6) is 0 Å². The second kappa shape index (κ2) is 6.57. The number of hydrogen-bond acceptors (Lipinski definition) is 4. The summed E-state index contributed by atoms with van der Waals surface area (Å²) in [6, 6.07) is 14.4. The van der Waals surface area contributed by atoms with Gasteiger partial charge in [-0.05, 0) is 23.8 Å². The van der Waals surface area contributed by atoms with Crippen molar-refractivity contribution in [3.05, 3.63) is 64.1 Å². The van der Waals surface area contributed by atoms with Crippen LogP contribution in [0.4, 0.5) is 5.13 Å². The van der Waals surface area contributed by atoms with Crippen LogP contribution in [0.3, 0.4) is 0 Å². The van der Waals surface area contributed by atoms with Crippen molar-refractivity contribution < 1.29 is 4.79 Å². The molecule has 0 N–H and O–H groups in total. The van der Waals surface area contributed by atoms with Crippen molar-refractivity contribution in [1.82, 2.24) is 10.2 Å². The second-order valence-electron chi connectivity index (χ2n) is 5.48. The van der Waals surface area contributed by atoms with Gasteiger partial charge < -0.3 is 0 Å².